The van der Waals surface area contributed by atoms with Gasteiger partial charge in [0.2, 0.25) is 0 Å². The number of aromatic nitrogens is 4. The van der Waals surface area contributed by atoms with Gasteiger partial charge in [0.05, 0.1) is 13.2 Å². The molecule has 4 rings (SSSR count). The lowest BCUT2D eigenvalue weighted by Gasteiger charge is -2.23. The molecule has 0 amide bonds. The van der Waals surface area contributed by atoms with E-state index >= 15 is 0 Å². The first-order valence-corrected chi connectivity index (χ1v) is 12.2. The zero-order valence-electron chi connectivity index (χ0n) is 18.7. The first-order chi connectivity index (χ1) is 17.4. The molecule has 0 spiro atoms. The fraction of sp³-hybridized carbons (Fsp3) is 0.556. The van der Waals surface area contributed by atoms with Crippen LogP contribution in [0.2, 0.25) is 0 Å². The van der Waals surface area contributed by atoms with Crippen LogP contribution in [0.4, 0.5) is 5.82 Å². The first-order valence-electron chi connectivity index (χ1n) is 10.7. The van der Waals surface area contributed by atoms with Crippen LogP contribution >= 0.6 is 7.82 Å². The summed E-state index contributed by atoms with van der Waals surface area (Å²) in [6, 6.07) is 2.23. The van der Waals surface area contributed by atoms with Crippen molar-refractivity contribution in [3.63, 3.8) is 0 Å². The highest BCUT2D eigenvalue weighted by atomic mass is 31.2. The van der Waals surface area contributed by atoms with E-state index in [0.29, 0.717) is 0 Å². The molecule has 0 saturated carbocycles. The van der Waals surface area contributed by atoms with Crippen LogP contribution in [-0.2, 0) is 23.1 Å². The van der Waals surface area contributed by atoms with Crippen LogP contribution < -0.4 is 22.7 Å². The summed E-state index contributed by atoms with van der Waals surface area (Å²) < 4.78 is 34.8. The molecule has 2 aromatic rings. The van der Waals surface area contributed by atoms with Gasteiger partial charge in [-0.3, -0.25) is 28.0 Å². The number of phosphoric acid groups is 1. The van der Waals surface area contributed by atoms with E-state index in [1.807, 2.05) is 4.98 Å². The van der Waals surface area contributed by atoms with Crippen LogP contribution in [0.25, 0.3) is 0 Å². The molecule has 0 aromatic carbocycles. The SMILES string of the molecule is Nc1ccn([C@@H]2O[C@H](COP(=O)(O)O[C@H]3[C@@H](O)[C@H](n4ccc(=O)[nH]c4=O)O[C@@H]3CO)[C@@H](O)[C@H]2O)c(=O)n1. The molecular weight excluding hydrogens is 525 g/mol. The number of aromatic amines is 1. The van der Waals surface area contributed by atoms with E-state index in [2.05, 4.69) is 4.98 Å². The Hall–Kier alpha value is -2.77. The fourth-order valence-electron chi connectivity index (χ4n) is 3.92. The monoisotopic (exact) mass is 549 g/mol. The highest BCUT2D eigenvalue weighted by molar-refractivity contribution is 7.47. The fourth-order valence-corrected chi connectivity index (χ4v) is 4.89. The Morgan fingerprint density at radius 2 is 1.68 bits per heavy atom. The van der Waals surface area contributed by atoms with Gasteiger partial charge in [-0.05, 0) is 6.07 Å². The first kappa shape index (κ1) is 27.3. The Labute approximate surface area is 205 Å². The van der Waals surface area contributed by atoms with Crippen LogP contribution in [0, 0.1) is 0 Å². The molecule has 2 fully saturated rings. The largest absolute Gasteiger partial charge is 0.472 e. The van der Waals surface area contributed by atoms with Gasteiger partial charge in [-0.25, -0.2) is 14.2 Å². The molecular formula is C18H24N5O13P. The van der Waals surface area contributed by atoms with Gasteiger partial charge in [0, 0.05) is 18.5 Å². The molecule has 2 aliphatic heterocycles. The molecule has 9 atom stereocenters. The normalized spacial score (nSPS) is 33.4. The lowest BCUT2D eigenvalue weighted by atomic mass is 10.1. The number of rotatable bonds is 8. The van der Waals surface area contributed by atoms with Gasteiger partial charge in [-0.15, -0.1) is 0 Å². The van der Waals surface area contributed by atoms with Crippen LogP contribution in [0.3, 0.4) is 0 Å². The highest BCUT2D eigenvalue weighted by Crippen LogP contribution is 2.49. The summed E-state index contributed by atoms with van der Waals surface area (Å²) in [6.45, 7) is -1.60. The number of phosphoric ester groups is 1. The molecule has 8 N–H and O–H groups in total. The van der Waals surface area contributed by atoms with Gasteiger partial charge in [-0.1, -0.05) is 0 Å². The molecule has 4 heterocycles. The van der Waals surface area contributed by atoms with E-state index in [1.54, 1.807) is 0 Å². The summed E-state index contributed by atoms with van der Waals surface area (Å²) in [5.41, 5.74) is 2.88. The molecule has 18 nitrogen and oxygen atoms in total. The molecule has 19 heteroatoms. The lowest BCUT2D eigenvalue weighted by Crippen LogP contribution is -2.39. The van der Waals surface area contributed by atoms with E-state index in [0.717, 1.165) is 21.4 Å². The second-order valence-electron chi connectivity index (χ2n) is 8.18. The van der Waals surface area contributed by atoms with Gasteiger partial charge < -0.3 is 40.5 Å². The molecule has 0 radical (unpaired) electrons. The van der Waals surface area contributed by atoms with Crippen molar-refractivity contribution < 1.29 is 48.4 Å². The minimum Gasteiger partial charge on any atom is -0.394 e. The van der Waals surface area contributed by atoms with Crippen molar-refractivity contribution in [3.05, 3.63) is 55.8 Å². The van der Waals surface area contributed by atoms with Crippen molar-refractivity contribution in [2.45, 2.75) is 49.1 Å². The van der Waals surface area contributed by atoms with Crippen molar-refractivity contribution in [2.75, 3.05) is 18.9 Å². The Bertz CT molecular complexity index is 1350. The number of H-pyrrole nitrogens is 1. The highest BCUT2D eigenvalue weighted by Gasteiger charge is 2.50. The summed E-state index contributed by atoms with van der Waals surface area (Å²) in [6.07, 6.45) is -10.2. The number of aliphatic hydroxyl groups excluding tert-OH is 4. The number of anilines is 1. The topological polar surface area (TPSA) is 271 Å². The smallest absolute Gasteiger partial charge is 0.394 e. The third-order valence-corrected chi connectivity index (χ3v) is 6.72. The molecule has 1 unspecified atom stereocenters. The van der Waals surface area contributed by atoms with Gasteiger partial charge in [0.15, 0.2) is 12.5 Å². The van der Waals surface area contributed by atoms with Crippen LogP contribution in [0.5, 0.6) is 0 Å². The van der Waals surface area contributed by atoms with Crippen LogP contribution in [-0.4, -0.2) is 94.3 Å². The summed E-state index contributed by atoms with van der Waals surface area (Å²) in [7, 11) is -5.04. The van der Waals surface area contributed by atoms with Gasteiger partial charge >= 0.3 is 19.2 Å². The lowest BCUT2D eigenvalue weighted by molar-refractivity contribution is -0.0614. The Morgan fingerprint density at radius 3 is 2.32 bits per heavy atom. The van der Waals surface area contributed by atoms with Gasteiger partial charge in [0.1, 0.15) is 42.4 Å². The molecule has 37 heavy (non-hydrogen) atoms. The van der Waals surface area contributed by atoms with Crippen molar-refractivity contribution in [2.24, 2.45) is 0 Å². The predicted octanol–water partition coefficient (Wildman–Crippen LogP) is -4.25. The number of nitrogens with one attached hydrogen (secondary N) is 1. The number of nitrogens with two attached hydrogens (primary N) is 1. The summed E-state index contributed by atoms with van der Waals surface area (Å²) in [5.74, 6) is -0.0838. The molecule has 2 aliphatic rings. The Balaban J connectivity index is 1.43. The maximum Gasteiger partial charge on any atom is 0.472 e. The average Bonchev–Trinajstić information content (AvgIpc) is 3.28. The summed E-state index contributed by atoms with van der Waals surface area (Å²) in [4.78, 5) is 51.0. The van der Waals surface area contributed by atoms with E-state index in [4.69, 9.17) is 24.3 Å². The van der Waals surface area contributed by atoms with E-state index < -0.39 is 87.1 Å². The van der Waals surface area contributed by atoms with Crippen molar-refractivity contribution in [1.29, 1.82) is 0 Å². The number of ether oxygens (including phenoxy) is 2. The third kappa shape index (κ3) is 5.58. The Kier molecular flexibility index (Phi) is 7.77. The van der Waals surface area contributed by atoms with Crippen molar-refractivity contribution in [1.82, 2.24) is 19.1 Å². The minimum absolute atomic E-state index is 0.0838. The summed E-state index contributed by atoms with van der Waals surface area (Å²) >= 11 is 0. The van der Waals surface area contributed by atoms with Crippen LogP contribution in [0.15, 0.2) is 38.9 Å². The standard InChI is InChI=1S/C18H24N5O13P/c19-9-1-3-22(17(29)20-9)15-12(27)11(26)8(35-15)6-33-37(31,32)36-14-7(5-24)34-16(13(14)28)23-4-2-10(25)21-18(23)30/h1-4,7-8,11-16,24,26-28H,5-6H2,(H,31,32)(H2,19,20,29)(H,21,25,30)/t7-,8-,11-,12-,13-,14-,15-,16-/m1/s1. The van der Waals surface area contributed by atoms with Crippen molar-refractivity contribution in [3.8, 4) is 0 Å². The zero-order valence-corrected chi connectivity index (χ0v) is 19.6. The molecule has 0 bridgehead atoms. The quantitative estimate of drug-likeness (QED) is 0.154. The maximum atomic E-state index is 12.6. The predicted molar refractivity (Wildman–Crippen MR) is 118 cm³/mol. The van der Waals surface area contributed by atoms with E-state index in [9.17, 15) is 44.3 Å². The number of hydrogen-bond acceptors (Lipinski definition) is 14. The second kappa shape index (κ2) is 10.5. The number of hydrogen-bond donors (Lipinski definition) is 7. The average molecular weight is 549 g/mol. The number of aliphatic hydroxyl groups is 4. The zero-order chi connectivity index (χ0) is 27.1. The van der Waals surface area contributed by atoms with E-state index in [1.165, 1.54) is 12.3 Å². The third-order valence-electron chi connectivity index (χ3n) is 5.73. The van der Waals surface area contributed by atoms with Crippen molar-refractivity contribution >= 4 is 13.6 Å². The maximum absolute atomic E-state index is 12.6. The second-order valence-corrected chi connectivity index (χ2v) is 9.58. The van der Waals surface area contributed by atoms with Gasteiger partial charge in [0.25, 0.3) is 5.56 Å². The summed E-state index contributed by atoms with van der Waals surface area (Å²) in [5, 5.41) is 40.7. The number of nitrogen functional groups attached to an aromatic ring is 1. The molecule has 2 saturated heterocycles. The van der Waals surface area contributed by atoms with Crippen LogP contribution in [0.1, 0.15) is 12.5 Å². The molecule has 204 valence electrons. The molecule has 2 aromatic heterocycles. The number of nitrogens with zero attached hydrogens (tertiary/aromatic N) is 3. The molecule has 0 aliphatic carbocycles. The van der Waals surface area contributed by atoms with Gasteiger partial charge in [-0.2, -0.15) is 4.98 Å². The minimum atomic E-state index is -5.04. The van der Waals surface area contributed by atoms with E-state index in [-0.39, 0.29) is 5.82 Å². The Morgan fingerprint density at radius 1 is 1.03 bits per heavy atom.